The second-order valence-corrected chi connectivity index (χ2v) is 5.54. The summed E-state index contributed by atoms with van der Waals surface area (Å²) in [5, 5.41) is 10.6. The minimum atomic E-state index is -0.435. The molecule has 0 bridgehead atoms. The fourth-order valence-electron chi connectivity index (χ4n) is 3.27. The second kappa shape index (κ2) is 4.39. The van der Waals surface area contributed by atoms with Crippen molar-refractivity contribution in [3.63, 3.8) is 0 Å². The van der Waals surface area contributed by atoms with Crippen molar-refractivity contribution in [1.82, 2.24) is 9.97 Å². The standard InChI is InChI=1S/C13H20N4O/c14-11-7-16-12(8-15-11)17-6-5-13(18)4-2-1-3-10(13)9-17/h7-8,10,18H,1-6,9H2,(H2,14,15). The van der Waals surface area contributed by atoms with Gasteiger partial charge in [-0.3, -0.25) is 0 Å². The van der Waals surface area contributed by atoms with Crippen molar-refractivity contribution >= 4 is 11.6 Å². The zero-order valence-corrected chi connectivity index (χ0v) is 10.5. The average Bonchev–Trinajstić information content (AvgIpc) is 2.39. The highest BCUT2D eigenvalue weighted by molar-refractivity contribution is 5.40. The van der Waals surface area contributed by atoms with Crippen LogP contribution in [0, 0.1) is 5.92 Å². The van der Waals surface area contributed by atoms with Gasteiger partial charge in [0.2, 0.25) is 0 Å². The third-order valence-corrected chi connectivity index (χ3v) is 4.41. The molecule has 0 spiro atoms. The fraction of sp³-hybridized carbons (Fsp3) is 0.692. The Labute approximate surface area is 107 Å². The van der Waals surface area contributed by atoms with Gasteiger partial charge in [-0.1, -0.05) is 12.8 Å². The molecule has 2 aliphatic rings. The molecule has 0 aromatic carbocycles. The fourth-order valence-corrected chi connectivity index (χ4v) is 3.27. The zero-order valence-electron chi connectivity index (χ0n) is 10.5. The minimum absolute atomic E-state index is 0.374. The lowest BCUT2D eigenvalue weighted by molar-refractivity contribution is -0.0613. The summed E-state index contributed by atoms with van der Waals surface area (Å²) in [5.74, 6) is 1.70. The van der Waals surface area contributed by atoms with Gasteiger partial charge >= 0.3 is 0 Å². The van der Waals surface area contributed by atoms with Gasteiger partial charge in [0.05, 0.1) is 18.0 Å². The van der Waals surface area contributed by atoms with Crippen molar-refractivity contribution in [3.8, 4) is 0 Å². The van der Waals surface area contributed by atoms with Crippen molar-refractivity contribution in [3.05, 3.63) is 12.4 Å². The maximum Gasteiger partial charge on any atom is 0.147 e. The van der Waals surface area contributed by atoms with E-state index in [4.69, 9.17) is 5.73 Å². The van der Waals surface area contributed by atoms with Gasteiger partial charge in [0.15, 0.2) is 0 Å². The van der Waals surface area contributed by atoms with E-state index in [0.29, 0.717) is 11.7 Å². The topological polar surface area (TPSA) is 75.3 Å². The Bertz CT molecular complexity index is 422. The van der Waals surface area contributed by atoms with Crippen LogP contribution in [0.4, 0.5) is 11.6 Å². The Balaban J connectivity index is 1.75. The van der Waals surface area contributed by atoms with Gasteiger partial charge in [-0.25, -0.2) is 9.97 Å². The summed E-state index contributed by atoms with van der Waals surface area (Å²) in [5.41, 5.74) is 5.12. The monoisotopic (exact) mass is 248 g/mol. The molecule has 2 fully saturated rings. The average molecular weight is 248 g/mol. The molecule has 1 aliphatic heterocycles. The van der Waals surface area contributed by atoms with E-state index in [-0.39, 0.29) is 0 Å². The third kappa shape index (κ3) is 2.03. The number of nitrogen functional groups attached to an aromatic ring is 1. The predicted octanol–water partition coefficient (Wildman–Crippen LogP) is 1.19. The van der Waals surface area contributed by atoms with Gasteiger partial charge in [-0.15, -0.1) is 0 Å². The third-order valence-electron chi connectivity index (χ3n) is 4.41. The van der Waals surface area contributed by atoms with Crippen molar-refractivity contribution < 1.29 is 5.11 Å². The highest BCUT2D eigenvalue weighted by Gasteiger charge is 2.42. The van der Waals surface area contributed by atoms with E-state index < -0.39 is 5.60 Å². The molecule has 2 unspecified atom stereocenters. The summed E-state index contributed by atoms with van der Waals surface area (Å²) in [4.78, 5) is 10.6. The molecule has 2 atom stereocenters. The highest BCUT2D eigenvalue weighted by atomic mass is 16.3. The number of nitrogens with two attached hydrogens (primary N) is 1. The van der Waals surface area contributed by atoms with Crippen LogP contribution in [0.2, 0.25) is 0 Å². The lowest BCUT2D eigenvalue weighted by Crippen LogP contribution is -2.53. The molecule has 3 rings (SSSR count). The van der Waals surface area contributed by atoms with Crippen molar-refractivity contribution in [2.24, 2.45) is 5.92 Å². The largest absolute Gasteiger partial charge is 0.389 e. The first-order valence-electron chi connectivity index (χ1n) is 6.72. The van der Waals surface area contributed by atoms with Crippen LogP contribution in [0.3, 0.4) is 0 Å². The van der Waals surface area contributed by atoms with E-state index in [1.54, 1.807) is 12.4 Å². The molecule has 5 heteroatoms. The van der Waals surface area contributed by atoms with Crippen LogP contribution >= 0.6 is 0 Å². The second-order valence-electron chi connectivity index (χ2n) is 5.54. The Morgan fingerprint density at radius 1 is 1.28 bits per heavy atom. The number of hydrogen-bond acceptors (Lipinski definition) is 5. The molecule has 1 aromatic heterocycles. The number of aliphatic hydroxyl groups is 1. The lowest BCUT2D eigenvalue weighted by Gasteiger charge is -2.47. The molecule has 98 valence electrons. The van der Waals surface area contributed by atoms with E-state index in [0.717, 1.165) is 44.6 Å². The summed E-state index contributed by atoms with van der Waals surface area (Å²) in [7, 11) is 0. The Hall–Kier alpha value is -1.36. The van der Waals surface area contributed by atoms with Gasteiger partial charge in [-0.2, -0.15) is 0 Å². The molecule has 2 heterocycles. The number of aromatic nitrogens is 2. The van der Waals surface area contributed by atoms with E-state index in [2.05, 4.69) is 14.9 Å². The van der Waals surface area contributed by atoms with Crippen LogP contribution in [-0.2, 0) is 0 Å². The van der Waals surface area contributed by atoms with Crippen LogP contribution in [0.15, 0.2) is 12.4 Å². The van der Waals surface area contributed by atoms with Crippen LogP contribution in [0.5, 0.6) is 0 Å². The van der Waals surface area contributed by atoms with E-state index >= 15 is 0 Å². The molecular formula is C13H20N4O. The Morgan fingerprint density at radius 2 is 2.17 bits per heavy atom. The highest BCUT2D eigenvalue weighted by Crippen LogP contribution is 2.40. The molecule has 3 N–H and O–H groups in total. The number of hydrogen-bond donors (Lipinski definition) is 2. The quantitative estimate of drug-likeness (QED) is 0.781. The van der Waals surface area contributed by atoms with Gasteiger partial charge in [0, 0.05) is 19.0 Å². The molecular weight excluding hydrogens is 228 g/mol. The Morgan fingerprint density at radius 3 is 2.94 bits per heavy atom. The lowest BCUT2D eigenvalue weighted by atomic mass is 9.71. The normalized spacial score (nSPS) is 32.1. The summed E-state index contributed by atoms with van der Waals surface area (Å²) < 4.78 is 0. The van der Waals surface area contributed by atoms with Crippen molar-refractivity contribution in [2.45, 2.75) is 37.7 Å². The first-order valence-corrected chi connectivity index (χ1v) is 6.72. The number of piperidine rings is 1. The summed E-state index contributed by atoms with van der Waals surface area (Å²) in [6.07, 6.45) is 8.63. The van der Waals surface area contributed by atoms with Crippen molar-refractivity contribution in [2.75, 3.05) is 23.7 Å². The molecule has 18 heavy (non-hydrogen) atoms. The molecule has 1 aliphatic carbocycles. The van der Waals surface area contributed by atoms with Gasteiger partial charge in [0.1, 0.15) is 11.6 Å². The number of fused-ring (bicyclic) bond motifs is 1. The Kier molecular flexibility index (Phi) is 2.86. The van der Waals surface area contributed by atoms with Gasteiger partial charge in [-0.05, 0) is 19.3 Å². The summed E-state index contributed by atoms with van der Waals surface area (Å²) in [6, 6.07) is 0. The molecule has 1 aromatic rings. The van der Waals surface area contributed by atoms with Crippen molar-refractivity contribution in [1.29, 1.82) is 0 Å². The first kappa shape index (κ1) is 11.7. The van der Waals surface area contributed by atoms with Crippen LogP contribution in [0.1, 0.15) is 32.1 Å². The SMILES string of the molecule is Nc1cnc(N2CCC3(O)CCCCC3C2)cn1. The van der Waals surface area contributed by atoms with E-state index in [9.17, 15) is 5.11 Å². The van der Waals surface area contributed by atoms with Gasteiger partial charge < -0.3 is 15.7 Å². The first-order chi connectivity index (χ1) is 8.67. The number of anilines is 2. The molecule has 1 saturated heterocycles. The zero-order chi connectivity index (χ0) is 12.6. The van der Waals surface area contributed by atoms with E-state index in [1.165, 1.54) is 6.42 Å². The summed E-state index contributed by atoms with van der Waals surface area (Å²) >= 11 is 0. The smallest absolute Gasteiger partial charge is 0.147 e. The molecule has 0 radical (unpaired) electrons. The maximum absolute atomic E-state index is 10.6. The van der Waals surface area contributed by atoms with Crippen LogP contribution in [-0.4, -0.2) is 33.8 Å². The minimum Gasteiger partial charge on any atom is -0.389 e. The molecule has 0 amide bonds. The summed E-state index contributed by atoms with van der Waals surface area (Å²) in [6.45, 7) is 1.74. The predicted molar refractivity (Wildman–Crippen MR) is 70.2 cm³/mol. The molecule has 1 saturated carbocycles. The van der Waals surface area contributed by atoms with E-state index in [1.807, 2.05) is 0 Å². The maximum atomic E-state index is 10.6. The number of nitrogens with zero attached hydrogens (tertiary/aromatic N) is 3. The van der Waals surface area contributed by atoms with Crippen LogP contribution in [0.25, 0.3) is 0 Å². The van der Waals surface area contributed by atoms with Gasteiger partial charge in [0.25, 0.3) is 0 Å². The number of rotatable bonds is 1. The van der Waals surface area contributed by atoms with Crippen LogP contribution < -0.4 is 10.6 Å². The molecule has 5 nitrogen and oxygen atoms in total.